The number of carbonyl (C=O) groups excluding carboxylic acids is 4. The maximum absolute atomic E-state index is 12.4. The van der Waals surface area contributed by atoms with Gasteiger partial charge in [-0.3, -0.25) is 9.59 Å². The highest BCUT2D eigenvalue weighted by Gasteiger charge is 2.29. The summed E-state index contributed by atoms with van der Waals surface area (Å²) in [6.45, 7) is 3.80. The number of nitrogens with zero attached hydrogens (tertiary/aromatic N) is 2. The monoisotopic (exact) mass is 787 g/mol. The molecule has 1 aliphatic heterocycles. The molecule has 58 heavy (non-hydrogen) atoms. The predicted octanol–water partition coefficient (Wildman–Crippen LogP) is 2.43. The van der Waals surface area contributed by atoms with Crippen LogP contribution in [0.1, 0.15) is 41.7 Å². The molecule has 13 nitrogen and oxygen atoms in total. The lowest BCUT2D eigenvalue weighted by Gasteiger charge is -2.36. The largest absolute Gasteiger partial charge is 0.391 e. The average Bonchev–Trinajstić information content (AvgIpc) is 3.25. The first-order valence-corrected chi connectivity index (χ1v) is 18.8. The molecule has 0 aliphatic carbocycles. The van der Waals surface area contributed by atoms with Crippen LogP contribution in [-0.4, -0.2) is 113 Å². The Morgan fingerprint density at radius 3 is 1.57 bits per heavy atom. The summed E-state index contributed by atoms with van der Waals surface area (Å²) < 4.78 is 0. The molecule has 0 saturated carbocycles. The van der Waals surface area contributed by atoms with Crippen LogP contribution in [0.25, 0.3) is 0 Å². The number of anilines is 1. The highest BCUT2D eigenvalue weighted by Crippen LogP contribution is 2.18. The summed E-state index contributed by atoms with van der Waals surface area (Å²) in [4.78, 5) is 51.4. The standard InChI is InChI=1S/C24H27N3O4.C21H22N2O4/c1-18(29)23(22(30)17-28)25-24(31)27-15-13-26(14-16-27)21-11-9-20(10-12-21)8-7-19-5-3-2-4-6-19;1-15(25)20(19(26)14-24)23-21(27)22-13-18-9-5-8-17(12-18)11-10-16-6-3-2-4-7-16/h2-6,9-12,18,23,28-29H,13-17H2,1H3,(H,25,31);2-9,12,15,20,24-25H,13-14H2,1H3,(H2,22,23,27)/t18-,23+;15-,20+/m11/s1. The molecule has 302 valence electrons. The van der Waals surface area contributed by atoms with Crippen molar-refractivity contribution >= 4 is 29.3 Å². The third kappa shape index (κ3) is 14.2. The van der Waals surface area contributed by atoms with Crippen molar-refractivity contribution in [2.75, 3.05) is 44.3 Å². The average molecular weight is 788 g/mol. The van der Waals surface area contributed by atoms with Gasteiger partial charge in [-0.1, -0.05) is 72.2 Å². The SMILES string of the molecule is C[C@@H](O)[C@H](NC(=O)N1CCN(c2ccc(C#Cc3ccccc3)cc2)CC1)C(=O)CO.C[C@@H](O)[C@H](NC(=O)NCc1cccc(C#Cc2ccccc2)c1)C(=O)CO. The normalized spacial score (nSPS) is 14.0. The molecule has 1 fully saturated rings. The summed E-state index contributed by atoms with van der Waals surface area (Å²) in [6, 6.07) is 31.6. The van der Waals surface area contributed by atoms with Crippen molar-refractivity contribution in [2.45, 2.75) is 44.7 Å². The second-order valence-electron chi connectivity index (χ2n) is 13.4. The van der Waals surface area contributed by atoms with Gasteiger partial charge >= 0.3 is 12.1 Å². The van der Waals surface area contributed by atoms with Crippen LogP contribution in [0.5, 0.6) is 0 Å². The third-order valence-corrected chi connectivity index (χ3v) is 8.97. The van der Waals surface area contributed by atoms with Crippen molar-refractivity contribution in [1.29, 1.82) is 0 Å². The first-order valence-electron chi connectivity index (χ1n) is 18.8. The topological polar surface area (TPSA) is 192 Å². The summed E-state index contributed by atoms with van der Waals surface area (Å²) >= 11 is 0. The van der Waals surface area contributed by atoms with E-state index in [2.05, 4.69) is 44.5 Å². The number of rotatable bonds is 11. The highest BCUT2D eigenvalue weighted by molar-refractivity contribution is 5.90. The van der Waals surface area contributed by atoms with Gasteiger partial charge in [0.05, 0.1) is 12.2 Å². The van der Waals surface area contributed by atoms with E-state index in [0.29, 0.717) is 26.2 Å². The van der Waals surface area contributed by atoms with Crippen LogP contribution in [0.2, 0.25) is 0 Å². The number of ketones is 2. The van der Waals surface area contributed by atoms with Crippen LogP contribution in [0.15, 0.2) is 109 Å². The van der Waals surface area contributed by atoms with E-state index in [1.54, 1.807) is 4.90 Å². The van der Waals surface area contributed by atoms with Crippen molar-refractivity contribution < 1.29 is 39.6 Å². The van der Waals surface area contributed by atoms with Gasteiger partial charge in [-0.05, 0) is 80.1 Å². The first kappa shape index (κ1) is 44.2. The van der Waals surface area contributed by atoms with Gasteiger partial charge < -0.3 is 46.2 Å². The van der Waals surface area contributed by atoms with Crippen molar-refractivity contribution in [1.82, 2.24) is 20.9 Å². The van der Waals surface area contributed by atoms with E-state index in [9.17, 15) is 29.4 Å². The van der Waals surface area contributed by atoms with Gasteiger partial charge in [0.2, 0.25) is 0 Å². The van der Waals surface area contributed by atoms with Gasteiger partial charge in [0, 0.05) is 60.7 Å². The summed E-state index contributed by atoms with van der Waals surface area (Å²) in [5.41, 5.74) is 5.53. The van der Waals surface area contributed by atoms with Crippen LogP contribution in [-0.2, 0) is 16.1 Å². The van der Waals surface area contributed by atoms with E-state index in [-0.39, 0.29) is 6.54 Å². The van der Waals surface area contributed by atoms with E-state index in [0.717, 1.165) is 33.5 Å². The summed E-state index contributed by atoms with van der Waals surface area (Å²) in [6.07, 6.45) is -2.18. The molecule has 1 heterocycles. The lowest BCUT2D eigenvalue weighted by Crippen LogP contribution is -2.57. The number of urea groups is 2. The molecule has 0 spiro atoms. The second-order valence-corrected chi connectivity index (χ2v) is 13.4. The molecule has 1 aliphatic rings. The number of aliphatic hydroxyl groups excluding tert-OH is 4. The fourth-order valence-corrected chi connectivity index (χ4v) is 5.75. The van der Waals surface area contributed by atoms with E-state index >= 15 is 0 Å². The summed E-state index contributed by atoms with van der Waals surface area (Å²) in [5.74, 6) is 11.2. The molecule has 4 aromatic carbocycles. The van der Waals surface area contributed by atoms with E-state index < -0.39 is 61.1 Å². The smallest absolute Gasteiger partial charge is 0.318 e. The zero-order chi connectivity index (χ0) is 41.9. The van der Waals surface area contributed by atoms with Crippen molar-refractivity contribution in [2.24, 2.45) is 0 Å². The van der Waals surface area contributed by atoms with E-state index in [1.807, 2.05) is 109 Å². The maximum Gasteiger partial charge on any atom is 0.318 e. The second kappa shape index (κ2) is 22.9. The van der Waals surface area contributed by atoms with Gasteiger partial charge in [0.25, 0.3) is 0 Å². The zero-order valence-corrected chi connectivity index (χ0v) is 32.5. The molecule has 1 saturated heterocycles. The lowest BCUT2D eigenvalue weighted by atomic mass is 10.1. The third-order valence-electron chi connectivity index (χ3n) is 8.97. The van der Waals surface area contributed by atoms with Crippen LogP contribution in [0, 0.1) is 23.7 Å². The number of aliphatic hydroxyl groups is 4. The predicted molar refractivity (Wildman–Crippen MR) is 221 cm³/mol. The van der Waals surface area contributed by atoms with Crippen LogP contribution in [0.4, 0.5) is 15.3 Å². The summed E-state index contributed by atoms with van der Waals surface area (Å²) in [5, 5.41) is 44.6. The van der Waals surface area contributed by atoms with E-state index in [4.69, 9.17) is 10.2 Å². The number of hydrogen-bond donors (Lipinski definition) is 7. The fourth-order valence-electron chi connectivity index (χ4n) is 5.75. The Morgan fingerprint density at radius 2 is 1.07 bits per heavy atom. The minimum Gasteiger partial charge on any atom is -0.391 e. The highest BCUT2D eigenvalue weighted by atomic mass is 16.3. The minimum absolute atomic E-state index is 0.229. The number of nitrogens with one attached hydrogen (secondary N) is 3. The molecule has 4 aromatic rings. The fraction of sp³-hybridized carbons (Fsp3) is 0.289. The molecule has 13 heteroatoms. The zero-order valence-electron chi connectivity index (χ0n) is 32.5. The van der Waals surface area contributed by atoms with Crippen molar-refractivity contribution in [3.63, 3.8) is 0 Å². The number of hydrogen-bond acceptors (Lipinski definition) is 9. The first-order chi connectivity index (χ1) is 28.0. The Bertz CT molecular complexity index is 2080. The molecular formula is C45H49N5O8. The van der Waals surface area contributed by atoms with Gasteiger partial charge in [0.1, 0.15) is 25.3 Å². The molecular weight excluding hydrogens is 739 g/mol. The Labute approximate surface area is 338 Å². The minimum atomic E-state index is -1.15. The molecule has 0 radical (unpaired) electrons. The Kier molecular flexibility index (Phi) is 17.5. The van der Waals surface area contributed by atoms with Crippen molar-refractivity contribution in [3.8, 4) is 23.7 Å². The molecule has 0 bridgehead atoms. The number of carbonyl (C=O) groups is 4. The number of amides is 4. The maximum atomic E-state index is 12.4. The van der Waals surface area contributed by atoms with E-state index in [1.165, 1.54) is 13.8 Å². The van der Waals surface area contributed by atoms with Crippen molar-refractivity contribution in [3.05, 3.63) is 137 Å². The molecule has 0 unspecified atom stereocenters. The van der Waals surface area contributed by atoms with Gasteiger partial charge in [-0.15, -0.1) is 0 Å². The Hall–Kier alpha value is -6.48. The Balaban J connectivity index is 0.000000259. The molecule has 0 aromatic heterocycles. The quantitative estimate of drug-likeness (QED) is 0.112. The molecule has 7 N–H and O–H groups in total. The van der Waals surface area contributed by atoms with Crippen LogP contribution >= 0.6 is 0 Å². The van der Waals surface area contributed by atoms with Gasteiger partial charge in [0.15, 0.2) is 11.6 Å². The van der Waals surface area contributed by atoms with Gasteiger partial charge in [-0.25, -0.2) is 9.59 Å². The lowest BCUT2D eigenvalue weighted by molar-refractivity contribution is -0.126. The van der Waals surface area contributed by atoms with Gasteiger partial charge in [-0.2, -0.15) is 0 Å². The molecule has 5 rings (SSSR count). The number of Topliss-reactive ketones (excluding diaryl/α,β-unsaturated/α-hetero) is 2. The summed E-state index contributed by atoms with van der Waals surface area (Å²) in [7, 11) is 0. The Morgan fingerprint density at radius 1 is 0.603 bits per heavy atom. The molecule has 4 amide bonds. The molecule has 4 atom stereocenters. The number of piperazine rings is 1. The number of benzene rings is 4. The van der Waals surface area contributed by atoms with Crippen LogP contribution < -0.4 is 20.9 Å². The van der Waals surface area contributed by atoms with Crippen LogP contribution in [0.3, 0.4) is 0 Å².